The summed E-state index contributed by atoms with van der Waals surface area (Å²) in [5.41, 5.74) is 2.34. The highest BCUT2D eigenvalue weighted by atomic mass is 35.5. The lowest BCUT2D eigenvalue weighted by atomic mass is 10.0. The standard InChI is InChI=1S/C35H38ClN3O5S/c1-25(2)37-35(41)33(22-27-13-7-5-8-14-27)38(23-28-15-11-16-29(21-28)44-4)34(40)24-39(32-20-12-19-31(36)26(32)3)45(42,43)30-17-9-6-10-18-30/h5-21,25,33H,22-24H2,1-4H3,(H,37,41)/t33-/m1/s1. The first-order chi connectivity index (χ1) is 21.5. The van der Waals surface area contributed by atoms with Gasteiger partial charge < -0.3 is 15.0 Å². The molecule has 8 nitrogen and oxygen atoms in total. The Hall–Kier alpha value is -4.34. The number of hydrogen-bond donors (Lipinski definition) is 1. The molecule has 0 unspecified atom stereocenters. The maximum absolute atomic E-state index is 14.6. The fourth-order valence-electron chi connectivity index (χ4n) is 5.00. The topological polar surface area (TPSA) is 96.0 Å². The molecule has 2 amide bonds. The van der Waals surface area contributed by atoms with Crippen molar-refractivity contribution in [3.63, 3.8) is 0 Å². The maximum atomic E-state index is 14.6. The lowest BCUT2D eigenvalue weighted by molar-refractivity contribution is -0.140. The second-order valence-electron chi connectivity index (χ2n) is 11.0. The molecular formula is C35H38ClN3O5S. The van der Waals surface area contributed by atoms with Gasteiger partial charge in [-0.25, -0.2) is 8.42 Å². The first kappa shape index (κ1) is 33.6. The van der Waals surface area contributed by atoms with Crippen LogP contribution in [0.5, 0.6) is 5.75 Å². The Morgan fingerprint density at radius 1 is 0.867 bits per heavy atom. The van der Waals surface area contributed by atoms with E-state index in [1.807, 2.05) is 50.2 Å². The first-order valence-electron chi connectivity index (χ1n) is 14.6. The molecule has 0 aliphatic heterocycles. The molecule has 0 aliphatic rings. The monoisotopic (exact) mass is 647 g/mol. The molecule has 1 N–H and O–H groups in total. The van der Waals surface area contributed by atoms with Crippen LogP contribution in [0.2, 0.25) is 5.02 Å². The van der Waals surface area contributed by atoms with Gasteiger partial charge in [0.05, 0.1) is 17.7 Å². The number of anilines is 1. The van der Waals surface area contributed by atoms with Gasteiger partial charge in [-0.3, -0.25) is 13.9 Å². The van der Waals surface area contributed by atoms with Gasteiger partial charge in [0.25, 0.3) is 10.0 Å². The van der Waals surface area contributed by atoms with Gasteiger partial charge in [0.2, 0.25) is 11.8 Å². The molecule has 0 fully saturated rings. The van der Waals surface area contributed by atoms with Crippen LogP contribution in [-0.2, 0) is 32.6 Å². The molecular weight excluding hydrogens is 610 g/mol. The molecule has 0 spiro atoms. The highest BCUT2D eigenvalue weighted by Gasteiger charge is 2.35. The Bertz CT molecular complexity index is 1720. The van der Waals surface area contributed by atoms with E-state index in [1.165, 1.54) is 17.0 Å². The van der Waals surface area contributed by atoms with Gasteiger partial charge in [0.1, 0.15) is 18.3 Å². The summed E-state index contributed by atoms with van der Waals surface area (Å²) in [7, 11) is -2.67. The predicted molar refractivity (Wildman–Crippen MR) is 178 cm³/mol. The van der Waals surface area contributed by atoms with Crippen LogP contribution in [-0.4, -0.2) is 50.9 Å². The number of amides is 2. The minimum absolute atomic E-state index is 0.0231. The number of nitrogens with zero attached hydrogens (tertiary/aromatic N) is 2. The molecule has 45 heavy (non-hydrogen) atoms. The van der Waals surface area contributed by atoms with Crippen molar-refractivity contribution in [1.82, 2.24) is 10.2 Å². The number of carbonyl (C=O) groups is 2. The summed E-state index contributed by atoms with van der Waals surface area (Å²) in [5.74, 6) is -0.313. The van der Waals surface area contributed by atoms with Crippen LogP contribution < -0.4 is 14.4 Å². The summed E-state index contributed by atoms with van der Waals surface area (Å²) in [4.78, 5) is 29.8. The third-order valence-corrected chi connectivity index (χ3v) is 9.49. The van der Waals surface area contributed by atoms with Crippen LogP contribution in [0.4, 0.5) is 5.69 Å². The van der Waals surface area contributed by atoms with E-state index in [1.54, 1.807) is 68.6 Å². The summed E-state index contributed by atoms with van der Waals surface area (Å²) >= 11 is 6.44. The molecule has 0 heterocycles. The summed E-state index contributed by atoms with van der Waals surface area (Å²) < 4.78 is 34.8. The van der Waals surface area contributed by atoms with Crippen molar-refractivity contribution in [3.05, 3.63) is 125 Å². The number of sulfonamides is 1. The average Bonchev–Trinajstić information content (AvgIpc) is 3.03. The van der Waals surface area contributed by atoms with Gasteiger partial charge in [-0.2, -0.15) is 0 Å². The predicted octanol–water partition coefficient (Wildman–Crippen LogP) is 6.02. The minimum atomic E-state index is -4.22. The zero-order valence-corrected chi connectivity index (χ0v) is 27.4. The van der Waals surface area contributed by atoms with Gasteiger partial charge in [0.15, 0.2) is 0 Å². The lowest BCUT2D eigenvalue weighted by Gasteiger charge is -2.34. The third-order valence-electron chi connectivity index (χ3n) is 7.31. The summed E-state index contributed by atoms with van der Waals surface area (Å²) in [6.07, 6.45) is 0.219. The van der Waals surface area contributed by atoms with Crippen molar-refractivity contribution in [2.24, 2.45) is 0 Å². The number of hydrogen-bond acceptors (Lipinski definition) is 5. The lowest BCUT2D eigenvalue weighted by Crippen LogP contribution is -2.54. The van der Waals surface area contributed by atoms with Crippen LogP contribution >= 0.6 is 11.6 Å². The third kappa shape index (κ3) is 8.44. The van der Waals surface area contributed by atoms with E-state index in [0.29, 0.717) is 16.3 Å². The van der Waals surface area contributed by atoms with E-state index < -0.39 is 28.5 Å². The van der Waals surface area contributed by atoms with E-state index in [0.717, 1.165) is 15.4 Å². The second kappa shape index (κ2) is 15.1. The number of nitrogens with one attached hydrogen (secondary N) is 1. The van der Waals surface area contributed by atoms with Crippen LogP contribution in [0, 0.1) is 6.92 Å². The van der Waals surface area contributed by atoms with Gasteiger partial charge in [-0.1, -0.05) is 78.3 Å². The quantitative estimate of drug-likeness (QED) is 0.192. The van der Waals surface area contributed by atoms with Gasteiger partial charge in [0, 0.05) is 24.0 Å². The van der Waals surface area contributed by atoms with Gasteiger partial charge in [-0.15, -0.1) is 0 Å². The minimum Gasteiger partial charge on any atom is -0.497 e. The fraction of sp³-hybridized carbons (Fsp3) is 0.257. The van der Waals surface area contributed by atoms with E-state index in [9.17, 15) is 18.0 Å². The Morgan fingerprint density at radius 2 is 1.49 bits per heavy atom. The van der Waals surface area contributed by atoms with Crippen LogP contribution in [0.25, 0.3) is 0 Å². The van der Waals surface area contributed by atoms with E-state index in [-0.39, 0.29) is 35.5 Å². The molecule has 0 saturated heterocycles. The van der Waals surface area contributed by atoms with Crippen LogP contribution in [0.3, 0.4) is 0 Å². The van der Waals surface area contributed by atoms with E-state index in [4.69, 9.17) is 16.3 Å². The largest absolute Gasteiger partial charge is 0.497 e. The second-order valence-corrected chi connectivity index (χ2v) is 13.2. The highest BCUT2D eigenvalue weighted by Crippen LogP contribution is 2.31. The van der Waals surface area contributed by atoms with E-state index >= 15 is 0 Å². The number of ether oxygens (including phenoxy) is 1. The molecule has 4 aromatic carbocycles. The molecule has 0 radical (unpaired) electrons. The van der Waals surface area contributed by atoms with Crippen molar-refractivity contribution < 1.29 is 22.7 Å². The average molecular weight is 648 g/mol. The molecule has 0 bridgehead atoms. The molecule has 0 aliphatic carbocycles. The number of benzene rings is 4. The van der Waals surface area contributed by atoms with Crippen molar-refractivity contribution in [3.8, 4) is 5.75 Å². The van der Waals surface area contributed by atoms with Gasteiger partial charge in [-0.05, 0) is 73.9 Å². The molecule has 10 heteroatoms. The Morgan fingerprint density at radius 3 is 2.13 bits per heavy atom. The number of methoxy groups -OCH3 is 1. The van der Waals surface area contributed by atoms with Crippen LogP contribution in [0.1, 0.15) is 30.5 Å². The maximum Gasteiger partial charge on any atom is 0.264 e. The Kier molecular flexibility index (Phi) is 11.3. The normalized spacial score (nSPS) is 12.0. The van der Waals surface area contributed by atoms with Crippen molar-refractivity contribution in [1.29, 1.82) is 0 Å². The van der Waals surface area contributed by atoms with Crippen molar-refractivity contribution >= 4 is 39.1 Å². The molecule has 0 aromatic heterocycles. The molecule has 4 rings (SSSR count). The molecule has 0 saturated carbocycles. The molecule has 236 valence electrons. The SMILES string of the molecule is COc1cccc(CN(C(=O)CN(c2cccc(Cl)c2C)S(=O)(=O)c2ccccc2)[C@H](Cc2ccccc2)C(=O)NC(C)C)c1. The Labute approximate surface area is 270 Å². The fourth-order valence-corrected chi connectivity index (χ4v) is 6.66. The summed E-state index contributed by atoms with van der Waals surface area (Å²) in [5, 5.41) is 3.32. The zero-order valence-electron chi connectivity index (χ0n) is 25.8. The molecule has 4 aromatic rings. The van der Waals surface area contributed by atoms with Crippen molar-refractivity contribution in [2.75, 3.05) is 18.0 Å². The number of rotatable bonds is 13. The molecule has 1 atom stereocenters. The first-order valence-corrected chi connectivity index (χ1v) is 16.4. The van der Waals surface area contributed by atoms with Crippen LogP contribution in [0.15, 0.2) is 108 Å². The highest BCUT2D eigenvalue weighted by molar-refractivity contribution is 7.92. The summed E-state index contributed by atoms with van der Waals surface area (Å²) in [6.45, 7) is 4.87. The Balaban J connectivity index is 1.84. The zero-order chi connectivity index (χ0) is 32.6. The van der Waals surface area contributed by atoms with Gasteiger partial charge >= 0.3 is 0 Å². The van der Waals surface area contributed by atoms with E-state index in [2.05, 4.69) is 5.32 Å². The summed E-state index contributed by atoms with van der Waals surface area (Å²) in [6, 6.07) is 28.4. The number of carbonyl (C=O) groups excluding carboxylic acids is 2. The van der Waals surface area contributed by atoms with Crippen molar-refractivity contribution in [2.45, 2.75) is 50.7 Å². The number of halogens is 1. The smallest absolute Gasteiger partial charge is 0.264 e.